The van der Waals surface area contributed by atoms with E-state index in [0.717, 1.165) is 22.9 Å². The van der Waals surface area contributed by atoms with E-state index in [1.807, 2.05) is 12.1 Å². The fourth-order valence-electron chi connectivity index (χ4n) is 3.17. The first-order valence-electron chi connectivity index (χ1n) is 11.2. The predicted octanol–water partition coefficient (Wildman–Crippen LogP) is 9.30. The van der Waals surface area contributed by atoms with Crippen molar-refractivity contribution in [3.05, 3.63) is 96.3 Å². The molecule has 3 aromatic rings. The third-order valence-corrected chi connectivity index (χ3v) is 7.36. The molecule has 0 aromatic heterocycles. The molecule has 0 saturated heterocycles. The predicted molar refractivity (Wildman–Crippen MR) is 154 cm³/mol. The van der Waals surface area contributed by atoms with Crippen molar-refractivity contribution < 1.29 is 19.1 Å². The van der Waals surface area contributed by atoms with E-state index in [2.05, 4.69) is 0 Å². The second-order valence-electron chi connectivity index (χ2n) is 8.40. The number of benzene rings is 3. The summed E-state index contributed by atoms with van der Waals surface area (Å²) in [5, 5.41) is 1.60. The van der Waals surface area contributed by atoms with Gasteiger partial charge in [0.15, 0.2) is 10.9 Å². The summed E-state index contributed by atoms with van der Waals surface area (Å²) in [6.45, 7) is 5.46. The molecule has 0 atom stereocenters. The van der Waals surface area contributed by atoms with Gasteiger partial charge in [0.05, 0.1) is 25.0 Å². The van der Waals surface area contributed by atoms with E-state index in [1.165, 1.54) is 6.92 Å². The van der Waals surface area contributed by atoms with Gasteiger partial charge in [0.1, 0.15) is 24.7 Å². The zero-order valence-corrected chi connectivity index (χ0v) is 24.2. The van der Waals surface area contributed by atoms with Crippen LogP contribution in [0.15, 0.2) is 59.5 Å². The lowest BCUT2D eigenvalue weighted by Gasteiger charge is -2.14. The van der Waals surface area contributed by atoms with Gasteiger partial charge in [-0.1, -0.05) is 72.4 Å². The number of ketones is 1. The first-order chi connectivity index (χ1) is 17.5. The number of thioether (sulfide) groups is 1. The number of hydrogen-bond acceptors (Lipinski definition) is 5. The Morgan fingerprint density at radius 2 is 1.38 bits per heavy atom. The summed E-state index contributed by atoms with van der Waals surface area (Å²) >= 11 is 25.2. The molecule has 0 aliphatic rings. The fourth-order valence-corrected chi connectivity index (χ4v) is 4.64. The lowest BCUT2D eigenvalue weighted by atomic mass is 10.1. The van der Waals surface area contributed by atoms with Crippen LogP contribution in [0.1, 0.15) is 37.5 Å². The van der Waals surface area contributed by atoms with Gasteiger partial charge in [0, 0.05) is 24.5 Å². The van der Waals surface area contributed by atoms with Crippen LogP contribution in [0.5, 0.6) is 11.5 Å². The maximum Gasteiger partial charge on any atom is 0.190 e. The number of ether oxygens (including phenoxy) is 2. The summed E-state index contributed by atoms with van der Waals surface area (Å²) in [7, 11) is 0. The molecule has 0 saturated carbocycles. The largest absolute Gasteiger partial charge is 0.489 e. The summed E-state index contributed by atoms with van der Waals surface area (Å²) in [4.78, 5) is 24.9. The van der Waals surface area contributed by atoms with Crippen LogP contribution < -0.4 is 9.47 Å². The zero-order chi connectivity index (χ0) is 27.1. The van der Waals surface area contributed by atoms with Crippen LogP contribution in [0, 0.1) is 5.92 Å². The van der Waals surface area contributed by atoms with E-state index < -0.39 is 0 Å². The fraction of sp³-hybridized carbons (Fsp3) is 0.214. The minimum absolute atomic E-state index is 0.129. The first kappa shape index (κ1) is 29.4. The molecule has 0 bridgehead atoms. The SMILES string of the molecule is CC(=O)S/C(=C\c1ccc(OCc2ccc(Cl)c(Cl)c2)cc1OCc1ccc(Cl)c(Cl)c1)C(=O)C(C)C. The molecule has 0 spiro atoms. The van der Waals surface area contributed by atoms with Crippen molar-refractivity contribution in [3.63, 3.8) is 0 Å². The second kappa shape index (κ2) is 13.6. The van der Waals surface area contributed by atoms with E-state index >= 15 is 0 Å². The topological polar surface area (TPSA) is 52.6 Å². The molecule has 9 heteroatoms. The molecule has 0 N–H and O–H groups in total. The van der Waals surface area contributed by atoms with Crippen molar-refractivity contribution in [2.45, 2.75) is 34.0 Å². The Kier molecular flexibility index (Phi) is 10.8. The molecule has 3 aromatic carbocycles. The molecule has 194 valence electrons. The Balaban J connectivity index is 1.93. The van der Waals surface area contributed by atoms with Crippen molar-refractivity contribution in [3.8, 4) is 11.5 Å². The number of halogens is 4. The zero-order valence-electron chi connectivity index (χ0n) is 20.3. The average molecular weight is 598 g/mol. The van der Waals surface area contributed by atoms with Crippen molar-refractivity contribution >= 4 is 75.1 Å². The average Bonchev–Trinajstić information content (AvgIpc) is 2.85. The van der Waals surface area contributed by atoms with Gasteiger partial charge in [0.25, 0.3) is 0 Å². The van der Waals surface area contributed by atoms with E-state index in [4.69, 9.17) is 55.9 Å². The number of allylic oxidation sites excluding steroid dienone is 1. The Morgan fingerprint density at radius 1 is 0.811 bits per heavy atom. The van der Waals surface area contributed by atoms with Crippen LogP contribution in [-0.2, 0) is 22.8 Å². The maximum absolute atomic E-state index is 12.8. The molecule has 37 heavy (non-hydrogen) atoms. The lowest BCUT2D eigenvalue weighted by Crippen LogP contribution is -2.09. The highest BCUT2D eigenvalue weighted by molar-refractivity contribution is 8.17. The van der Waals surface area contributed by atoms with Crippen molar-refractivity contribution in [2.75, 3.05) is 0 Å². The number of hydrogen-bond donors (Lipinski definition) is 0. The van der Waals surface area contributed by atoms with Gasteiger partial charge in [-0.15, -0.1) is 0 Å². The van der Waals surface area contributed by atoms with E-state index in [0.29, 0.717) is 42.1 Å². The number of carbonyl (C=O) groups is 2. The molecule has 3 rings (SSSR count). The van der Waals surface area contributed by atoms with E-state index in [9.17, 15) is 9.59 Å². The van der Waals surface area contributed by atoms with E-state index in [1.54, 1.807) is 62.4 Å². The molecule has 0 amide bonds. The Bertz CT molecular complexity index is 1340. The molecular weight excluding hydrogens is 574 g/mol. The van der Waals surface area contributed by atoms with Gasteiger partial charge < -0.3 is 9.47 Å². The minimum atomic E-state index is -0.271. The van der Waals surface area contributed by atoms with Gasteiger partial charge in [-0.2, -0.15) is 0 Å². The molecule has 0 unspecified atom stereocenters. The minimum Gasteiger partial charge on any atom is -0.489 e. The molecule has 4 nitrogen and oxygen atoms in total. The molecule has 0 radical (unpaired) electrons. The van der Waals surface area contributed by atoms with Gasteiger partial charge in [-0.3, -0.25) is 9.59 Å². The number of Topliss-reactive ketones (excluding diaryl/α,β-unsaturated/α-hetero) is 1. The summed E-state index contributed by atoms with van der Waals surface area (Å²) in [6.07, 6.45) is 1.67. The molecule has 0 aliphatic carbocycles. The molecule has 0 fully saturated rings. The van der Waals surface area contributed by atoms with Crippen LogP contribution in [0.2, 0.25) is 20.1 Å². The second-order valence-corrected chi connectivity index (χ2v) is 11.2. The third kappa shape index (κ3) is 8.69. The molecule has 0 aliphatic heterocycles. The Hall–Kier alpha value is -2.15. The summed E-state index contributed by atoms with van der Waals surface area (Å²) in [5.74, 6) is 0.613. The monoisotopic (exact) mass is 596 g/mol. The highest BCUT2D eigenvalue weighted by Gasteiger charge is 2.18. The van der Waals surface area contributed by atoms with Gasteiger partial charge in [-0.05, 0) is 65.4 Å². The smallest absolute Gasteiger partial charge is 0.190 e. The summed E-state index contributed by atoms with van der Waals surface area (Å²) in [6, 6.07) is 15.8. The van der Waals surface area contributed by atoms with Crippen LogP contribution in [-0.4, -0.2) is 10.9 Å². The van der Waals surface area contributed by atoms with Crippen LogP contribution in [0.25, 0.3) is 6.08 Å². The van der Waals surface area contributed by atoms with Crippen molar-refractivity contribution in [1.29, 1.82) is 0 Å². The molecule has 0 heterocycles. The summed E-state index contributed by atoms with van der Waals surface area (Å²) in [5.41, 5.74) is 2.28. The quantitative estimate of drug-likeness (QED) is 0.218. The Labute approximate surface area is 240 Å². The van der Waals surface area contributed by atoms with Gasteiger partial charge in [-0.25, -0.2) is 0 Å². The highest BCUT2D eigenvalue weighted by atomic mass is 35.5. The lowest BCUT2D eigenvalue weighted by molar-refractivity contribution is -0.117. The maximum atomic E-state index is 12.8. The Morgan fingerprint density at radius 3 is 1.89 bits per heavy atom. The molecular formula is C28H24Cl4O4S. The highest BCUT2D eigenvalue weighted by Crippen LogP contribution is 2.33. The van der Waals surface area contributed by atoms with Crippen LogP contribution >= 0.6 is 58.2 Å². The van der Waals surface area contributed by atoms with Crippen LogP contribution in [0.3, 0.4) is 0 Å². The summed E-state index contributed by atoms with van der Waals surface area (Å²) < 4.78 is 12.1. The normalized spacial score (nSPS) is 11.5. The van der Waals surface area contributed by atoms with Gasteiger partial charge >= 0.3 is 0 Å². The third-order valence-electron chi connectivity index (χ3n) is 5.06. The number of carbonyl (C=O) groups excluding carboxylic acids is 2. The number of rotatable bonds is 10. The van der Waals surface area contributed by atoms with Crippen molar-refractivity contribution in [2.24, 2.45) is 5.92 Å². The van der Waals surface area contributed by atoms with Crippen LogP contribution in [0.4, 0.5) is 0 Å². The first-order valence-corrected chi connectivity index (χ1v) is 13.6. The van der Waals surface area contributed by atoms with E-state index in [-0.39, 0.29) is 30.0 Å². The van der Waals surface area contributed by atoms with Crippen molar-refractivity contribution in [1.82, 2.24) is 0 Å². The van der Waals surface area contributed by atoms with Gasteiger partial charge in [0.2, 0.25) is 0 Å². The standard InChI is InChI=1S/C28H24Cl4O4S/c1-16(2)28(34)27(37-17(3)33)12-20-6-7-21(35-14-18-4-8-22(29)24(31)10-18)13-26(20)36-15-19-5-9-23(30)25(32)11-19/h4-13,16H,14-15H2,1-3H3/b27-12-.